The first-order chi connectivity index (χ1) is 50.9. The summed E-state index contributed by atoms with van der Waals surface area (Å²) < 4.78 is 0. The van der Waals surface area contributed by atoms with E-state index in [1.807, 2.05) is 18.2 Å². The first kappa shape index (κ1) is 70.0. The van der Waals surface area contributed by atoms with E-state index in [1.165, 1.54) is 174 Å². The lowest BCUT2D eigenvalue weighted by molar-refractivity contribution is 1.48. The van der Waals surface area contributed by atoms with Gasteiger partial charge in [-0.1, -0.05) is 393 Å². The third-order valence-electron chi connectivity index (χ3n) is 19.7. The van der Waals surface area contributed by atoms with E-state index < -0.39 is 0 Å². The lowest BCUT2D eigenvalue weighted by atomic mass is 9.98. The van der Waals surface area contributed by atoms with Crippen molar-refractivity contribution < 1.29 is 0 Å². The molecule has 504 valence electrons. The van der Waals surface area contributed by atoms with Gasteiger partial charge in [0.05, 0.1) is 0 Å². The van der Waals surface area contributed by atoms with Crippen LogP contribution in [0.5, 0.6) is 0 Å². The molecule has 0 aliphatic heterocycles. The van der Waals surface area contributed by atoms with Crippen LogP contribution in [0.3, 0.4) is 0 Å². The molecule has 0 N–H and O–H groups in total. The van der Waals surface area contributed by atoms with Crippen LogP contribution in [-0.2, 0) is 0 Å². The summed E-state index contributed by atoms with van der Waals surface area (Å²) >= 11 is 0. The standard InChI is InChI=1S/5C15H12.2C11H10.C7H8/c1-11-5-4-7-13-10-9-12-6-2-3-8-14(12)15(11)13;1-11-10-12-6-2-3-8-14(12)15-9-5-4-7-13(11)15;1-11-5-4-8-14-9-12-6-2-3-7-13(12)10-15(11)14;1-11-5-4-8-15-13(11)10-9-12-6-2-3-7-14(12)15;1-11-6-9-15-13(10-11)8-7-12-4-2-3-5-14(12)15;1-9-5-4-7-10-6-2-3-8-11(9)10;1-9-6-7-10-4-2-3-5-11(10)8-9;1-7-5-3-2-4-6-7/h5*2-10H,1H3;2*2-8H,1H3;2-6H,1H3. The Morgan fingerprint density at radius 3 is 1.01 bits per heavy atom. The molecule has 0 radical (unpaired) electrons. The van der Waals surface area contributed by atoms with Gasteiger partial charge in [0.2, 0.25) is 0 Å². The molecule has 0 atom stereocenters. The van der Waals surface area contributed by atoms with Crippen LogP contribution in [0.1, 0.15) is 44.5 Å². The lowest BCUT2D eigenvalue weighted by Gasteiger charge is -2.06. The van der Waals surface area contributed by atoms with Crippen molar-refractivity contribution in [2.24, 2.45) is 0 Å². The summed E-state index contributed by atoms with van der Waals surface area (Å²) in [4.78, 5) is 0. The van der Waals surface area contributed by atoms with Gasteiger partial charge in [-0.2, -0.15) is 0 Å². The molecule has 20 rings (SSSR count). The summed E-state index contributed by atoms with van der Waals surface area (Å²) in [6, 6.07) is 137. The predicted octanol–water partition coefficient (Wildman–Crippen LogP) is 29.8. The van der Waals surface area contributed by atoms with Gasteiger partial charge >= 0.3 is 0 Å². The Kier molecular flexibility index (Phi) is 22.4. The third-order valence-corrected chi connectivity index (χ3v) is 19.7. The summed E-state index contributed by atoms with van der Waals surface area (Å²) in [5, 5.41) is 32.1. The Labute approximate surface area is 613 Å². The molecule has 0 fully saturated rings. The number of rotatable bonds is 0. The highest BCUT2D eigenvalue weighted by atomic mass is 14.1. The van der Waals surface area contributed by atoms with Gasteiger partial charge in [-0.3, -0.25) is 0 Å². The van der Waals surface area contributed by atoms with Crippen LogP contribution in [0.2, 0.25) is 0 Å². The van der Waals surface area contributed by atoms with Crippen molar-refractivity contribution in [1.82, 2.24) is 0 Å². The van der Waals surface area contributed by atoms with Gasteiger partial charge in [0.1, 0.15) is 0 Å². The summed E-state index contributed by atoms with van der Waals surface area (Å²) in [6.07, 6.45) is 0. The summed E-state index contributed by atoms with van der Waals surface area (Å²) in [6.45, 7) is 17.2. The molecule has 0 amide bonds. The molecule has 0 unspecified atom stereocenters. The van der Waals surface area contributed by atoms with Gasteiger partial charge in [-0.05, 0) is 225 Å². The zero-order valence-corrected chi connectivity index (χ0v) is 61.0. The number of fused-ring (bicyclic) bond motifs is 16. The van der Waals surface area contributed by atoms with Crippen molar-refractivity contribution in [3.8, 4) is 0 Å². The normalized spacial score (nSPS) is 10.7. The molecule has 20 aromatic rings. The first-order valence-corrected chi connectivity index (χ1v) is 36.2. The van der Waals surface area contributed by atoms with Crippen molar-refractivity contribution >= 4 is 129 Å². The predicted molar refractivity (Wildman–Crippen MR) is 460 cm³/mol. The topological polar surface area (TPSA) is 0 Å². The molecule has 104 heavy (non-hydrogen) atoms. The van der Waals surface area contributed by atoms with Gasteiger partial charge in [0, 0.05) is 0 Å². The number of hydrogen-bond acceptors (Lipinski definition) is 0. The van der Waals surface area contributed by atoms with Crippen LogP contribution in [0, 0.1) is 55.4 Å². The van der Waals surface area contributed by atoms with E-state index >= 15 is 0 Å². The van der Waals surface area contributed by atoms with E-state index in [2.05, 4.69) is 425 Å². The number of hydrogen-bond donors (Lipinski definition) is 0. The highest BCUT2D eigenvalue weighted by molar-refractivity contribution is 6.11. The van der Waals surface area contributed by atoms with Crippen molar-refractivity contribution in [2.45, 2.75) is 55.4 Å². The molecule has 0 aromatic heterocycles. The van der Waals surface area contributed by atoms with Gasteiger partial charge < -0.3 is 0 Å². The molecule has 0 heteroatoms. The molecule has 0 heterocycles. The highest BCUT2D eigenvalue weighted by Gasteiger charge is 2.06. The fraction of sp³-hybridized carbons (Fsp3) is 0.0769. The van der Waals surface area contributed by atoms with Crippen LogP contribution in [0.15, 0.2) is 388 Å². The maximum Gasteiger partial charge on any atom is -0.00761 e. The van der Waals surface area contributed by atoms with E-state index in [0.717, 1.165) is 0 Å². The van der Waals surface area contributed by atoms with Crippen LogP contribution in [-0.4, -0.2) is 0 Å². The largest absolute Gasteiger partial charge is 0.0622 e. The Hall–Kier alpha value is -12.5. The SMILES string of the molecule is Cc1cc2ccccc2c2ccccc12.Cc1ccc2c(ccc3ccccc32)c1.Cc1ccc2ccccc2c1.Cc1cccc2c1ccc1ccccc12.Cc1cccc2cc3ccccc3cc12.Cc1cccc2ccc3ccccc3c12.Cc1cccc2ccccc12.Cc1ccccc1. The van der Waals surface area contributed by atoms with Crippen molar-refractivity contribution in [3.63, 3.8) is 0 Å². The minimum Gasteiger partial charge on any atom is -0.0622 e. The molecule has 0 aliphatic carbocycles. The minimum absolute atomic E-state index is 1.31. The molecular formula is C104H88. The van der Waals surface area contributed by atoms with Crippen LogP contribution < -0.4 is 0 Å². The Morgan fingerprint density at radius 1 is 0.115 bits per heavy atom. The van der Waals surface area contributed by atoms with Gasteiger partial charge in [-0.25, -0.2) is 0 Å². The van der Waals surface area contributed by atoms with Crippen LogP contribution >= 0.6 is 0 Å². The zero-order chi connectivity index (χ0) is 71.7. The average Bonchev–Trinajstić information content (AvgIpc) is 0.824. The van der Waals surface area contributed by atoms with Crippen LogP contribution in [0.25, 0.3) is 129 Å². The summed E-state index contributed by atoms with van der Waals surface area (Å²) in [5.74, 6) is 0. The summed E-state index contributed by atoms with van der Waals surface area (Å²) in [7, 11) is 0. The highest BCUT2D eigenvalue weighted by Crippen LogP contribution is 2.32. The minimum atomic E-state index is 1.31. The smallest absolute Gasteiger partial charge is 0.00761 e. The fourth-order valence-electron chi connectivity index (χ4n) is 14.2. The van der Waals surface area contributed by atoms with Crippen LogP contribution in [0.4, 0.5) is 0 Å². The molecule has 0 bridgehead atoms. The molecule has 0 saturated carbocycles. The van der Waals surface area contributed by atoms with Crippen molar-refractivity contribution in [2.75, 3.05) is 0 Å². The monoisotopic (exact) mass is 1340 g/mol. The Balaban J connectivity index is 0.000000106. The lowest BCUT2D eigenvalue weighted by Crippen LogP contribution is -1.81. The number of aryl methyl sites for hydroxylation is 8. The Morgan fingerprint density at radius 2 is 0.413 bits per heavy atom. The number of benzene rings is 20. The summed E-state index contributed by atoms with van der Waals surface area (Å²) in [5.41, 5.74) is 10.7. The zero-order valence-electron chi connectivity index (χ0n) is 61.0. The van der Waals surface area contributed by atoms with E-state index in [9.17, 15) is 0 Å². The average molecular weight is 1340 g/mol. The maximum atomic E-state index is 2.28. The van der Waals surface area contributed by atoms with E-state index in [1.54, 1.807) is 0 Å². The molecule has 0 saturated heterocycles. The van der Waals surface area contributed by atoms with E-state index in [-0.39, 0.29) is 0 Å². The third kappa shape index (κ3) is 16.8. The second-order valence-corrected chi connectivity index (χ2v) is 27.2. The van der Waals surface area contributed by atoms with Gasteiger partial charge in [0.25, 0.3) is 0 Å². The quantitative estimate of drug-likeness (QED) is 0.105. The fourth-order valence-corrected chi connectivity index (χ4v) is 14.2. The van der Waals surface area contributed by atoms with Crippen molar-refractivity contribution in [3.05, 3.63) is 433 Å². The maximum absolute atomic E-state index is 2.28. The second kappa shape index (κ2) is 33.3. The molecule has 0 spiro atoms. The second-order valence-electron chi connectivity index (χ2n) is 27.2. The van der Waals surface area contributed by atoms with E-state index in [4.69, 9.17) is 0 Å². The van der Waals surface area contributed by atoms with Crippen molar-refractivity contribution in [1.29, 1.82) is 0 Å². The molecule has 0 nitrogen and oxygen atoms in total. The first-order valence-electron chi connectivity index (χ1n) is 36.2. The van der Waals surface area contributed by atoms with E-state index in [0.29, 0.717) is 0 Å². The molecule has 0 aliphatic rings. The van der Waals surface area contributed by atoms with Gasteiger partial charge in [-0.15, -0.1) is 0 Å². The molecule has 20 aromatic carbocycles. The molecular weight excluding hydrogens is 1250 g/mol. The Bertz CT molecular complexity index is 6250. The van der Waals surface area contributed by atoms with Gasteiger partial charge in [0.15, 0.2) is 0 Å².